The van der Waals surface area contributed by atoms with Crippen molar-refractivity contribution in [2.45, 2.75) is 98.6 Å². The Hall–Kier alpha value is -3.72. The molecule has 3 heteroatoms. The van der Waals surface area contributed by atoms with Gasteiger partial charge < -0.3 is 15.3 Å². The number of hydrogen-bond acceptors (Lipinski definition) is 3. The predicted molar refractivity (Wildman–Crippen MR) is 186 cm³/mol. The summed E-state index contributed by atoms with van der Waals surface area (Å²) in [6.45, 7) is 20.8. The van der Waals surface area contributed by atoms with E-state index in [1.54, 1.807) is 0 Å². The molecule has 4 aromatic rings. The largest absolute Gasteiger partial charge is 0.507 e. The minimum absolute atomic E-state index is 0.0100. The molecule has 0 spiro atoms. The SMILES string of the molecule is CC(C)CC(C)N(Cc1cc(C(C)(C)C)cc(C(C)(C)C)c1O)c1ccc(Nc2ccc(Cc3ccccc3)cc2)cc1. The molecule has 0 heterocycles. The molecule has 43 heavy (non-hydrogen) atoms. The molecule has 0 bridgehead atoms. The molecule has 1 unspecified atom stereocenters. The second kappa shape index (κ2) is 13.3. The van der Waals surface area contributed by atoms with E-state index in [0.717, 1.165) is 41.0 Å². The molecule has 228 valence electrons. The van der Waals surface area contributed by atoms with Crippen molar-refractivity contribution in [3.63, 3.8) is 0 Å². The van der Waals surface area contributed by atoms with Gasteiger partial charge in [-0.2, -0.15) is 0 Å². The van der Waals surface area contributed by atoms with Crippen LogP contribution in [0.5, 0.6) is 5.75 Å². The third kappa shape index (κ3) is 8.66. The van der Waals surface area contributed by atoms with Gasteiger partial charge in [-0.3, -0.25) is 0 Å². The molecule has 0 aromatic heterocycles. The first-order chi connectivity index (χ1) is 20.2. The van der Waals surface area contributed by atoms with Crippen LogP contribution in [0.2, 0.25) is 0 Å². The van der Waals surface area contributed by atoms with Crippen molar-refractivity contribution in [2.75, 3.05) is 10.2 Å². The van der Waals surface area contributed by atoms with Crippen LogP contribution in [-0.2, 0) is 23.8 Å². The summed E-state index contributed by atoms with van der Waals surface area (Å²) in [6, 6.07) is 32.8. The fourth-order valence-electron chi connectivity index (χ4n) is 5.75. The van der Waals surface area contributed by atoms with Crippen molar-refractivity contribution in [1.29, 1.82) is 0 Å². The van der Waals surface area contributed by atoms with Crippen molar-refractivity contribution < 1.29 is 5.11 Å². The summed E-state index contributed by atoms with van der Waals surface area (Å²) in [5.74, 6) is 0.999. The van der Waals surface area contributed by atoms with E-state index in [-0.39, 0.29) is 10.8 Å². The number of nitrogens with one attached hydrogen (secondary N) is 1. The summed E-state index contributed by atoms with van der Waals surface area (Å²) in [4.78, 5) is 2.45. The fraction of sp³-hybridized carbons (Fsp3) is 0.400. The van der Waals surface area contributed by atoms with Crippen LogP contribution in [0.25, 0.3) is 0 Å². The maximum absolute atomic E-state index is 11.5. The number of nitrogens with zero attached hydrogens (tertiary/aromatic N) is 1. The van der Waals surface area contributed by atoms with Gasteiger partial charge in [0.15, 0.2) is 0 Å². The van der Waals surface area contributed by atoms with Crippen LogP contribution in [-0.4, -0.2) is 11.1 Å². The fourth-order valence-corrected chi connectivity index (χ4v) is 5.75. The van der Waals surface area contributed by atoms with E-state index in [0.29, 0.717) is 24.3 Å². The van der Waals surface area contributed by atoms with Gasteiger partial charge in [-0.25, -0.2) is 0 Å². The Labute approximate surface area is 261 Å². The van der Waals surface area contributed by atoms with Crippen LogP contribution in [0.3, 0.4) is 0 Å². The van der Waals surface area contributed by atoms with E-state index in [9.17, 15) is 5.11 Å². The Kier molecular flexibility index (Phi) is 9.95. The third-order valence-corrected chi connectivity index (χ3v) is 8.24. The van der Waals surface area contributed by atoms with Crippen LogP contribution in [0.4, 0.5) is 17.1 Å². The summed E-state index contributed by atoms with van der Waals surface area (Å²) in [5.41, 5.74) is 9.03. The Morgan fingerprint density at radius 3 is 1.79 bits per heavy atom. The van der Waals surface area contributed by atoms with Crippen molar-refractivity contribution in [3.05, 3.63) is 119 Å². The van der Waals surface area contributed by atoms with Gasteiger partial charge in [0.25, 0.3) is 0 Å². The minimum atomic E-state index is -0.151. The lowest BCUT2D eigenvalue weighted by atomic mass is 9.79. The first kappa shape index (κ1) is 32.2. The first-order valence-electron chi connectivity index (χ1n) is 15.8. The molecule has 0 aliphatic carbocycles. The van der Waals surface area contributed by atoms with Gasteiger partial charge in [-0.1, -0.05) is 104 Å². The number of phenolic OH excluding ortho intramolecular Hbond substituents is 1. The molecule has 2 N–H and O–H groups in total. The third-order valence-electron chi connectivity index (χ3n) is 8.24. The normalized spacial score (nSPS) is 12.8. The van der Waals surface area contributed by atoms with Crippen LogP contribution in [0.15, 0.2) is 91.0 Å². The lowest BCUT2D eigenvalue weighted by Gasteiger charge is -2.34. The summed E-state index contributed by atoms with van der Waals surface area (Å²) < 4.78 is 0. The summed E-state index contributed by atoms with van der Waals surface area (Å²) >= 11 is 0. The van der Waals surface area contributed by atoms with Gasteiger partial charge in [0.2, 0.25) is 0 Å². The average Bonchev–Trinajstić information content (AvgIpc) is 2.93. The number of hydrogen-bond donors (Lipinski definition) is 2. The van der Waals surface area contributed by atoms with E-state index >= 15 is 0 Å². The van der Waals surface area contributed by atoms with Gasteiger partial charge in [0.05, 0.1) is 0 Å². The summed E-state index contributed by atoms with van der Waals surface area (Å²) in [7, 11) is 0. The van der Waals surface area contributed by atoms with Crippen LogP contribution >= 0.6 is 0 Å². The lowest BCUT2D eigenvalue weighted by molar-refractivity contribution is 0.432. The van der Waals surface area contributed by atoms with Gasteiger partial charge in [-0.05, 0) is 101 Å². The second-order valence-corrected chi connectivity index (χ2v) is 14.7. The molecule has 0 saturated carbocycles. The minimum Gasteiger partial charge on any atom is -0.507 e. The summed E-state index contributed by atoms with van der Waals surface area (Å²) in [5, 5.41) is 15.1. The van der Waals surface area contributed by atoms with E-state index < -0.39 is 0 Å². The van der Waals surface area contributed by atoms with Gasteiger partial charge in [-0.15, -0.1) is 0 Å². The zero-order valence-electron chi connectivity index (χ0n) is 27.8. The van der Waals surface area contributed by atoms with Gasteiger partial charge in [0.1, 0.15) is 5.75 Å². The maximum atomic E-state index is 11.5. The number of rotatable bonds is 10. The smallest absolute Gasteiger partial charge is 0.124 e. The second-order valence-electron chi connectivity index (χ2n) is 14.7. The van der Waals surface area contributed by atoms with E-state index in [1.807, 2.05) is 0 Å². The van der Waals surface area contributed by atoms with E-state index in [2.05, 4.69) is 164 Å². The molecule has 0 amide bonds. The van der Waals surface area contributed by atoms with Crippen molar-refractivity contribution in [3.8, 4) is 5.75 Å². The highest BCUT2D eigenvalue weighted by atomic mass is 16.3. The number of phenols is 1. The van der Waals surface area contributed by atoms with E-state index in [1.165, 1.54) is 16.7 Å². The topological polar surface area (TPSA) is 35.5 Å². The molecule has 4 aromatic carbocycles. The average molecular weight is 577 g/mol. The van der Waals surface area contributed by atoms with Crippen molar-refractivity contribution in [1.82, 2.24) is 0 Å². The number of aromatic hydroxyl groups is 1. The van der Waals surface area contributed by atoms with Crippen molar-refractivity contribution in [2.24, 2.45) is 5.92 Å². The molecule has 0 radical (unpaired) electrons. The number of anilines is 3. The molecule has 0 fully saturated rings. The molecule has 3 nitrogen and oxygen atoms in total. The molecule has 0 aliphatic rings. The summed E-state index contributed by atoms with van der Waals surface area (Å²) in [6.07, 6.45) is 2.01. The monoisotopic (exact) mass is 576 g/mol. The molecule has 4 rings (SSSR count). The highest BCUT2D eigenvalue weighted by Gasteiger charge is 2.27. The highest BCUT2D eigenvalue weighted by molar-refractivity contribution is 5.64. The zero-order chi connectivity index (χ0) is 31.4. The molecule has 0 aliphatic heterocycles. The van der Waals surface area contributed by atoms with Gasteiger partial charge in [0, 0.05) is 35.2 Å². The zero-order valence-corrected chi connectivity index (χ0v) is 27.8. The van der Waals surface area contributed by atoms with Gasteiger partial charge >= 0.3 is 0 Å². The standard InChI is InChI=1S/C40H52N2O/c1-28(2)23-29(3)42(27-32-25-33(39(4,5)6)26-37(38(32)43)40(7,8)9)36-21-19-35(20-22-36)41-34-17-15-31(16-18-34)24-30-13-11-10-12-14-30/h10-22,25-26,28-29,41,43H,23-24,27H2,1-9H3. The lowest BCUT2D eigenvalue weighted by Crippen LogP contribution is -2.34. The van der Waals surface area contributed by atoms with Crippen LogP contribution < -0.4 is 10.2 Å². The Morgan fingerprint density at radius 2 is 1.26 bits per heavy atom. The number of benzene rings is 4. The maximum Gasteiger partial charge on any atom is 0.124 e. The van der Waals surface area contributed by atoms with E-state index in [4.69, 9.17) is 0 Å². The first-order valence-corrected chi connectivity index (χ1v) is 15.8. The van der Waals surface area contributed by atoms with Crippen LogP contribution in [0, 0.1) is 5.92 Å². The Morgan fingerprint density at radius 1 is 0.698 bits per heavy atom. The molecule has 1 atom stereocenters. The van der Waals surface area contributed by atoms with Crippen LogP contribution in [0.1, 0.15) is 96.6 Å². The molecule has 0 saturated heterocycles. The Balaban J connectivity index is 1.58. The Bertz CT molecular complexity index is 1460. The predicted octanol–water partition coefficient (Wildman–Crippen LogP) is 10.8. The molecular formula is C40H52N2O. The van der Waals surface area contributed by atoms with Crippen molar-refractivity contribution >= 4 is 17.1 Å². The quantitative estimate of drug-likeness (QED) is 0.197. The molecular weight excluding hydrogens is 524 g/mol. The highest BCUT2D eigenvalue weighted by Crippen LogP contribution is 2.39.